The molecule has 1 aromatic heterocycles. The SMILES string of the molecule is CCOc1ccc2c(c1)oc(=O)c1c(F)cccc12. The van der Waals surface area contributed by atoms with Crippen LogP contribution >= 0.6 is 0 Å². The van der Waals surface area contributed by atoms with Crippen LogP contribution in [-0.4, -0.2) is 6.61 Å². The van der Waals surface area contributed by atoms with Crippen molar-refractivity contribution in [2.75, 3.05) is 6.61 Å². The lowest BCUT2D eigenvalue weighted by Gasteiger charge is -2.06. The van der Waals surface area contributed by atoms with Crippen LogP contribution in [-0.2, 0) is 0 Å². The average molecular weight is 258 g/mol. The standard InChI is InChI=1S/C15H11FO3/c1-2-18-9-6-7-10-11-4-3-5-12(16)14(11)15(17)19-13(10)8-9/h3-8H,2H2,1H3. The van der Waals surface area contributed by atoms with Gasteiger partial charge in [-0.05, 0) is 25.1 Å². The van der Waals surface area contributed by atoms with Gasteiger partial charge in [0.15, 0.2) is 0 Å². The van der Waals surface area contributed by atoms with Gasteiger partial charge < -0.3 is 9.15 Å². The zero-order valence-electron chi connectivity index (χ0n) is 10.3. The van der Waals surface area contributed by atoms with E-state index in [-0.39, 0.29) is 5.39 Å². The summed E-state index contributed by atoms with van der Waals surface area (Å²) < 4.78 is 24.2. The number of rotatable bonds is 2. The van der Waals surface area contributed by atoms with Gasteiger partial charge in [-0.2, -0.15) is 0 Å². The molecule has 0 saturated carbocycles. The van der Waals surface area contributed by atoms with Crippen LogP contribution in [0.5, 0.6) is 5.75 Å². The van der Waals surface area contributed by atoms with E-state index in [1.165, 1.54) is 6.07 Å². The first-order valence-electron chi connectivity index (χ1n) is 5.98. The summed E-state index contributed by atoms with van der Waals surface area (Å²) in [5.74, 6) is 0.0518. The second kappa shape index (κ2) is 4.39. The Morgan fingerprint density at radius 1 is 1.21 bits per heavy atom. The van der Waals surface area contributed by atoms with Crippen molar-refractivity contribution in [2.45, 2.75) is 6.92 Å². The number of fused-ring (bicyclic) bond motifs is 3. The van der Waals surface area contributed by atoms with Crippen molar-refractivity contribution in [3.05, 3.63) is 52.6 Å². The normalized spacial score (nSPS) is 11.1. The minimum Gasteiger partial charge on any atom is -0.494 e. The summed E-state index contributed by atoms with van der Waals surface area (Å²) in [7, 11) is 0. The van der Waals surface area contributed by atoms with Crippen molar-refractivity contribution in [1.82, 2.24) is 0 Å². The first-order valence-corrected chi connectivity index (χ1v) is 5.98. The third-order valence-electron chi connectivity index (χ3n) is 2.97. The second-order valence-electron chi connectivity index (χ2n) is 4.14. The molecule has 0 amide bonds. The lowest BCUT2D eigenvalue weighted by Crippen LogP contribution is -2.02. The van der Waals surface area contributed by atoms with E-state index >= 15 is 0 Å². The summed E-state index contributed by atoms with van der Waals surface area (Å²) in [5, 5.41) is 1.23. The van der Waals surface area contributed by atoms with Gasteiger partial charge in [0.2, 0.25) is 0 Å². The molecular formula is C15H11FO3. The van der Waals surface area contributed by atoms with Gasteiger partial charge in [-0.15, -0.1) is 0 Å². The van der Waals surface area contributed by atoms with Gasteiger partial charge in [-0.1, -0.05) is 12.1 Å². The molecule has 3 aromatic rings. The Morgan fingerprint density at radius 3 is 2.84 bits per heavy atom. The topological polar surface area (TPSA) is 39.4 Å². The fourth-order valence-electron chi connectivity index (χ4n) is 2.17. The summed E-state index contributed by atoms with van der Waals surface area (Å²) in [6.07, 6.45) is 0. The molecule has 2 aromatic carbocycles. The highest BCUT2D eigenvalue weighted by atomic mass is 19.1. The Morgan fingerprint density at radius 2 is 2.05 bits per heavy atom. The second-order valence-corrected chi connectivity index (χ2v) is 4.14. The molecule has 4 heteroatoms. The third kappa shape index (κ3) is 1.85. The van der Waals surface area contributed by atoms with Crippen molar-refractivity contribution in [2.24, 2.45) is 0 Å². The molecule has 3 rings (SSSR count). The predicted molar refractivity (Wildman–Crippen MR) is 71.1 cm³/mol. The van der Waals surface area contributed by atoms with E-state index in [0.717, 1.165) is 0 Å². The molecule has 0 unspecified atom stereocenters. The molecule has 0 saturated heterocycles. The van der Waals surface area contributed by atoms with E-state index < -0.39 is 11.4 Å². The van der Waals surface area contributed by atoms with Crippen LogP contribution in [0.3, 0.4) is 0 Å². The highest BCUT2D eigenvalue weighted by Gasteiger charge is 2.11. The molecule has 0 spiro atoms. The molecule has 19 heavy (non-hydrogen) atoms. The summed E-state index contributed by atoms with van der Waals surface area (Å²) in [6.45, 7) is 2.40. The Hall–Kier alpha value is -2.36. The van der Waals surface area contributed by atoms with E-state index in [1.807, 2.05) is 6.92 Å². The number of hydrogen-bond donors (Lipinski definition) is 0. The van der Waals surface area contributed by atoms with Crippen LogP contribution in [0.25, 0.3) is 21.7 Å². The van der Waals surface area contributed by atoms with Crippen molar-refractivity contribution in [3.63, 3.8) is 0 Å². The number of hydrogen-bond acceptors (Lipinski definition) is 3. The largest absolute Gasteiger partial charge is 0.494 e. The lowest BCUT2D eigenvalue weighted by molar-refractivity contribution is 0.340. The third-order valence-corrected chi connectivity index (χ3v) is 2.97. The van der Waals surface area contributed by atoms with Crippen molar-refractivity contribution in [1.29, 1.82) is 0 Å². The Kier molecular flexibility index (Phi) is 2.71. The van der Waals surface area contributed by atoms with Crippen LogP contribution in [0.4, 0.5) is 4.39 Å². The van der Waals surface area contributed by atoms with Crippen molar-refractivity contribution < 1.29 is 13.5 Å². The maximum Gasteiger partial charge on any atom is 0.347 e. The summed E-state index contributed by atoms with van der Waals surface area (Å²) in [4.78, 5) is 11.8. The monoisotopic (exact) mass is 258 g/mol. The lowest BCUT2D eigenvalue weighted by atomic mass is 10.1. The summed E-state index contributed by atoms with van der Waals surface area (Å²) in [6, 6.07) is 9.72. The van der Waals surface area contributed by atoms with E-state index in [0.29, 0.717) is 28.7 Å². The maximum absolute atomic E-state index is 13.7. The van der Waals surface area contributed by atoms with Gasteiger partial charge in [-0.3, -0.25) is 0 Å². The van der Waals surface area contributed by atoms with E-state index in [9.17, 15) is 9.18 Å². The summed E-state index contributed by atoms with van der Waals surface area (Å²) in [5.41, 5.74) is -0.275. The van der Waals surface area contributed by atoms with Crippen LogP contribution in [0.1, 0.15) is 6.92 Å². The first-order chi connectivity index (χ1) is 9.20. The van der Waals surface area contributed by atoms with E-state index in [2.05, 4.69) is 0 Å². The molecule has 0 radical (unpaired) electrons. The number of halogens is 1. The maximum atomic E-state index is 13.7. The fourth-order valence-corrected chi connectivity index (χ4v) is 2.17. The fraction of sp³-hybridized carbons (Fsp3) is 0.133. The highest BCUT2D eigenvalue weighted by molar-refractivity contribution is 6.04. The zero-order chi connectivity index (χ0) is 13.4. The van der Waals surface area contributed by atoms with Crippen molar-refractivity contribution >= 4 is 21.7 Å². The van der Waals surface area contributed by atoms with Crippen LogP contribution in [0.2, 0.25) is 0 Å². The van der Waals surface area contributed by atoms with Crippen LogP contribution in [0.15, 0.2) is 45.6 Å². The molecule has 96 valence electrons. The highest BCUT2D eigenvalue weighted by Crippen LogP contribution is 2.27. The molecule has 0 fully saturated rings. The summed E-state index contributed by atoms with van der Waals surface area (Å²) >= 11 is 0. The van der Waals surface area contributed by atoms with Gasteiger partial charge in [0, 0.05) is 16.8 Å². The zero-order valence-corrected chi connectivity index (χ0v) is 10.3. The Bertz CT molecular complexity index is 821. The molecule has 0 bridgehead atoms. The molecule has 0 aliphatic heterocycles. The predicted octanol–water partition coefficient (Wildman–Crippen LogP) is 3.48. The van der Waals surface area contributed by atoms with E-state index in [1.54, 1.807) is 30.3 Å². The van der Waals surface area contributed by atoms with Crippen molar-refractivity contribution in [3.8, 4) is 5.75 Å². The molecule has 1 heterocycles. The minimum atomic E-state index is -0.672. The molecular weight excluding hydrogens is 247 g/mol. The van der Waals surface area contributed by atoms with Crippen LogP contribution < -0.4 is 10.4 Å². The first kappa shape index (κ1) is 11.7. The van der Waals surface area contributed by atoms with Crippen LogP contribution in [0, 0.1) is 5.82 Å². The van der Waals surface area contributed by atoms with Gasteiger partial charge in [-0.25, -0.2) is 9.18 Å². The van der Waals surface area contributed by atoms with Gasteiger partial charge >= 0.3 is 5.63 Å². The number of benzene rings is 2. The number of ether oxygens (including phenoxy) is 1. The quantitative estimate of drug-likeness (QED) is 0.522. The minimum absolute atomic E-state index is 0.0147. The van der Waals surface area contributed by atoms with Gasteiger partial charge in [0.1, 0.15) is 22.5 Å². The molecule has 0 aliphatic carbocycles. The Balaban J connectivity index is 2.42. The van der Waals surface area contributed by atoms with Gasteiger partial charge in [0.25, 0.3) is 0 Å². The molecule has 0 N–H and O–H groups in total. The average Bonchev–Trinajstić information content (AvgIpc) is 2.39. The molecule has 0 atom stereocenters. The smallest absolute Gasteiger partial charge is 0.347 e. The van der Waals surface area contributed by atoms with Gasteiger partial charge in [0.05, 0.1) is 6.61 Å². The molecule has 3 nitrogen and oxygen atoms in total. The van der Waals surface area contributed by atoms with E-state index in [4.69, 9.17) is 9.15 Å². The molecule has 0 aliphatic rings. The Labute approximate surface area is 108 Å².